The first-order valence-electron chi connectivity index (χ1n) is 6.01. The number of carbonyl (C=O) groups excluding carboxylic acids is 1. The molecule has 1 N–H and O–H groups in total. The molecule has 2 fully saturated rings. The molecule has 0 aromatic heterocycles. The zero-order chi connectivity index (χ0) is 11.4. The monoisotopic (exact) mass is 228 g/mol. The van der Waals surface area contributed by atoms with Gasteiger partial charge in [-0.25, -0.2) is 0 Å². The average Bonchev–Trinajstić information content (AvgIpc) is 2.74. The average molecular weight is 228 g/mol. The van der Waals surface area contributed by atoms with Crippen LogP contribution in [0.4, 0.5) is 0 Å². The number of aliphatic hydroxyl groups is 1. The molecule has 2 heterocycles. The molecule has 0 aromatic rings. The van der Waals surface area contributed by atoms with Gasteiger partial charge in [0.1, 0.15) is 0 Å². The topological polar surface area (TPSA) is 53.0 Å². The van der Waals surface area contributed by atoms with Gasteiger partial charge in [-0.15, -0.1) is 0 Å². The van der Waals surface area contributed by atoms with Crippen LogP contribution in [0.2, 0.25) is 0 Å². The van der Waals surface area contributed by atoms with Crippen molar-refractivity contribution in [3.8, 4) is 0 Å². The fourth-order valence-electron chi connectivity index (χ4n) is 2.20. The van der Waals surface area contributed by atoms with Crippen molar-refractivity contribution in [1.82, 2.24) is 9.80 Å². The van der Waals surface area contributed by atoms with Gasteiger partial charge >= 0.3 is 0 Å². The summed E-state index contributed by atoms with van der Waals surface area (Å²) in [4.78, 5) is 15.8. The number of β-amino-alcohol motifs (C(OH)–C–C–N with tert-alkyl or cyclic N) is 1. The Balaban J connectivity index is 1.67. The minimum atomic E-state index is -0.313. The fourth-order valence-corrected chi connectivity index (χ4v) is 2.20. The van der Waals surface area contributed by atoms with Crippen molar-refractivity contribution in [3.05, 3.63) is 0 Å². The van der Waals surface area contributed by atoms with Crippen LogP contribution in [-0.2, 0) is 9.53 Å². The summed E-state index contributed by atoms with van der Waals surface area (Å²) in [5.74, 6) is 0.169. The Kier molecular flexibility index (Phi) is 4.15. The van der Waals surface area contributed by atoms with E-state index >= 15 is 0 Å². The summed E-state index contributed by atoms with van der Waals surface area (Å²) in [6.45, 7) is 5.44. The number of nitrogens with zero attached hydrogens (tertiary/aromatic N) is 2. The molecule has 5 nitrogen and oxygen atoms in total. The highest BCUT2D eigenvalue weighted by Gasteiger charge is 2.24. The van der Waals surface area contributed by atoms with Crippen LogP contribution < -0.4 is 0 Å². The van der Waals surface area contributed by atoms with E-state index in [-0.39, 0.29) is 12.0 Å². The third-order valence-corrected chi connectivity index (χ3v) is 3.26. The SMILES string of the molecule is O=C(CCN1CCOCC1)N1CCC(O)C1. The summed E-state index contributed by atoms with van der Waals surface area (Å²) in [5, 5.41) is 9.34. The highest BCUT2D eigenvalue weighted by molar-refractivity contribution is 5.76. The molecular weight excluding hydrogens is 208 g/mol. The van der Waals surface area contributed by atoms with E-state index in [0.717, 1.165) is 39.3 Å². The lowest BCUT2D eigenvalue weighted by molar-refractivity contribution is -0.131. The Morgan fingerprint density at radius 3 is 2.69 bits per heavy atom. The second-order valence-corrected chi connectivity index (χ2v) is 4.49. The lowest BCUT2D eigenvalue weighted by Gasteiger charge is -2.27. The van der Waals surface area contributed by atoms with E-state index in [0.29, 0.717) is 19.5 Å². The molecule has 0 aromatic carbocycles. The van der Waals surface area contributed by atoms with E-state index in [1.54, 1.807) is 4.90 Å². The first kappa shape index (κ1) is 11.8. The maximum absolute atomic E-state index is 11.8. The molecule has 2 aliphatic rings. The molecule has 1 unspecified atom stereocenters. The Hall–Kier alpha value is -0.650. The van der Waals surface area contributed by atoms with E-state index < -0.39 is 0 Å². The van der Waals surface area contributed by atoms with Crippen molar-refractivity contribution < 1.29 is 14.6 Å². The number of ether oxygens (including phenoxy) is 1. The zero-order valence-corrected chi connectivity index (χ0v) is 9.60. The van der Waals surface area contributed by atoms with Crippen LogP contribution in [0.3, 0.4) is 0 Å². The minimum Gasteiger partial charge on any atom is -0.391 e. The van der Waals surface area contributed by atoms with Gasteiger partial charge in [0.25, 0.3) is 0 Å². The fraction of sp³-hybridized carbons (Fsp3) is 0.909. The van der Waals surface area contributed by atoms with Crippen molar-refractivity contribution in [3.63, 3.8) is 0 Å². The summed E-state index contributed by atoms with van der Waals surface area (Å²) in [6.07, 6.45) is 0.975. The third-order valence-electron chi connectivity index (χ3n) is 3.26. The minimum absolute atomic E-state index is 0.169. The maximum atomic E-state index is 11.8. The summed E-state index contributed by atoms with van der Waals surface area (Å²) >= 11 is 0. The van der Waals surface area contributed by atoms with Gasteiger partial charge in [-0.1, -0.05) is 0 Å². The number of morpholine rings is 1. The van der Waals surface area contributed by atoms with Crippen LogP contribution in [0, 0.1) is 0 Å². The molecule has 92 valence electrons. The van der Waals surface area contributed by atoms with Gasteiger partial charge in [0, 0.05) is 39.1 Å². The number of amides is 1. The van der Waals surface area contributed by atoms with Gasteiger partial charge in [0.2, 0.25) is 5.91 Å². The largest absolute Gasteiger partial charge is 0.391 e. The quantitative estimate of drug-likeness (QED) is 0.694. The smallest absolute Gasteiger partial charge is 0.223 e. The lowest BCUT2D eigenvalue weighted by Crippen LogP contribution is -2.39. The molecule has 1 amide bonds. The Bertz CT molecular complexity index is 241. The Labute approximate surface area is 96.0 Å². The predicted molar refractivity (Wildman–Crippen MR) is 59.1 cm³/mol. The summed E-state index contributed by atoms with van der Waals surface area (Å²) < 4.78 is 5.25. The predicted octanol–water partition coefficient (Wildman–Crippen LogP) is -0.698. The van der Waals surface area contributed by atoms with Gasteiger partial charge in [0.05, 0.1) is 19.3 Å². The highest BCUT2D eigenvalue weighted by Crippen LogP contribution is 2.10. The van der Waals surface area contributed by atoms with E-state index in [1.165, 1.54) is 0 Å². The molecule has 0 radical (unpaired) electrons. The molecule has 1 atom stereocenters. The van der Waals surface area contributed by atoms with Gasteiger partial charge in [-0.05, 0) is 6.42 Å². The maximum Gasteiger partial charge on any atom is 0.223 e. The molecule has 0 spiro atoms. The van der Waals surface area contributed by atoms with E-state index in [4.69, 9.17) is 4.74 Å². The number of hydrogen-bond donors (Lipinski definition) is 1. The third kappa shape index (κ3) is 3.17. The lowest BCUT2D eigenvalue weighted by atomic mass is 10.3. The van der Waals surface area contributed by atoms with Crippen LogP contribution in [0.5, 0.6) is 0 Å². The number of carbonyl (C=O) groups is 1. The van der Waals surface area contributed by atoms with Crippen molar-refractivity contribution in [2.75, 3.05) is 45.9 Å². The first-order valence-corrected chi connectivity index (χ1v) is 6.01. The number of likely N-dealkylation sites (tertiary alicyclic amines) is 1. The van der Waals surface area contributed by atoms with Crippen molar-refractivity contribution in [1.29, 1.82) is 0 Å². The van der Waals surface area contributed by atoms with Gasteiger partial charge < -0.3 is 14.7 Å². The number of rotatable bonds is 3. The van der Waals surface area contributed by atoms with Crippen molar-refractivity contribution in [2.24, 2.45) is 0 Å². The van der Waals surface area contributed by atoms with Crippen LogP contribution >= 0.6 is 0 Å². The Morgan fingerprint density at radius 2 is 2.06 bits per heavy atom. The number of aliphatic hydroxyl groups excluding tert-OH is 1. The molecule has 2 saturated heterocycles. The summed E-state index contributed by atoms with van der Waals surface area (Å²) in [6, 6.07) is 0. The standard InChI is InChI=1S/C11H20N2O3/c14-10-1-4-13(9-10)11(15)2-3-12-5-7-16-8-6-12/h10,14H,1-9H2. The molecule has 5 heteroatoms. The highest BCUT2D eigenvalue weighted by atomic mass is 16.5. The van der Waals surface area contributed by atoms with Crippen molar-refractivity contribution >= 4 is 5.91 Å². The van der Waals surface area contributed by atoms with Gasteiger partial charge in [-0.2, -0.15) is 0 Å². The normalized spacial score (nSPS) is 27.3. The van der Waals surface area contributed by atoms with Crippen LogP contribution in [0.25, 0.3) is 0 Å². The second-order valence-electron chi connectivity index (χ2n) is 4.49. The summed E-state index contributed by atoms with van der Waals surface area (Å²) in [7, 11) is 0. The van der Waals surface area contributed by atoms with Crippen LogP contribution in [-0.4, -0.2) is 72.9 Å². The molecule has 0 bridgehead atoms. The van der Waals surface area contributed by atoms with Gasteiger partial charge in [0.15, 0.2) is 0 Å². The van der Waals surface area contributed by atoms with Gasteiger partial charge in [-0.3, -0.25) is 9.69 Å². The molecular formula is C11H20N2O3. The van der Waals surface area contributed by atoms with E-state index in [9.17, 15) is 9.90 Å². The second kappa shape index (κ2) is 5.61. The van der Waals surface area contributed by atoms with Crippen LogP contribution in [0.15, 0.2) is 0 Å². The van der Waals surface area contributed by atoms with Crippen molar-refractivity contribution in [2.45, 2.75) is 18.9 Å². The van der Waals surface area contributed by atoms with E-state index in [1.807, 2.05) is 0 Å². The molecule has 0 saturated carbocycles. The molecule has 2 aliphatic heterocycles. The number of hydrogen-bond acceptors (Lipinski definition) is 4. The first-order chi connectivity index (χ1) is 7.75. The molecule has 0 aliphatic carbocycles. The molecule has 2 rings (SSSR count). The molecule has 16 heavy (non-hydrogen) atoms. The summed E-state index contributed by atoms with van der Waals surface area (Å²) in [5.41, 5.74) is 0. The van der Waals surface area contributed by atoms with Crippen LogP contribution in [0.1, 0.15) is 12.8 Å². The Morgan fingerprint density at radius 1 is 1.31 bits per heavy atom. The zero-order valence-electron chi connectivity index (χ0n) is 9.60. The van der Waals surface area contributed by atoms with E-state index in [2.05, 4.69) is 4.90 Å².